The Kier molecular flexibility index (Phi) is 5.48. The van der Waals surface area contributed by atoms with Crippen molar-refractivity contribution in [3.8, 4) is 17.4 Å². The highest BCUT2D eigenvalue weighted by atomic mass is 19.4. The summed E-state index contributed by atoms with van der Waals surface area (Å²) in [5.41, 5.74) is 1.09. The van der Waals surface area contributed by atoms with Crippen LogP contribution in [0.1, 0.15) is 28.9 Å². The molecule has 8 nitrogen and oxygen atoms in total. The van der Waals surface area contributed by atoms with Crippen molar-refractivity contribution in [1.29, 1.82) is 0 Å². The number of aromatic nitrogens is 5. The number of nitrogens with one attached hydrogen (secondary N) is 1. The van der Waals surface area contributed by atoms with Gasteiger partial charge in [-0.2, -0.15) is 13.2 Å². The van der Waals surface area contributed by atoms with Gasteiger partial charge in [0, 0.05) is 6.20 Å². The Morgan fingerprint density at radius 3 is 2.76 bits per heavy atom. The van der Waals surface area contributed by atoms with E-state index in [1.165, 1.54) is 19.2 Å². The number of hydrogen-bond donors (Lipinski definition) is 1. The van der Waals surface area contributed by atoms with Crippen LogP contribution in [0.5, 0.6) is 5.88 Å². The van der Waals surface area contributed by atoms with E-state index in [1.54, 1.807) is 25.3 Å². The number of carbonyl (C=O) groups excluding carboxylic acids is 1. The molecule has 29 heavy (non-hydrogen) atoms. The molecule has 1 amide bonds. The first-order valence-electron chi connectivity index (χ1n) is 8.46. The minimum absolute atomic E-state index is 0.0688. The summed E-state index contributed by atoms with van der Waals surface area (Å²) in [4.78, 5) is 20.8. The van der Waals surface area contributed by atoms with Crippen molar-refractivity contribution in [2.24, 2.45) is 0 Å². The molecule has 0 spiro atoms. The van der Waals surface area contributed by atoms with Gasteiger partial charge in [0.05, 0.1) is 7.11 Å². The van der Waals surface area contributed by atoms with Gasteiger partial charge in [0.2, 0.25) is 5.88 Å². The van der Waals surface area contributed by atoms with E-state index >= 15 is 0 Å². The summed E-state index contributed by atoms with van der Waals surface area (Å²) in [6.07, 6.45) is -1.93. The third-order valence-corrected chi connectivity index (χ3v) is 4.11. The van der Waals surface area contributed by atoms with Gasteiger partial charge < -0.3 is 14.6 Å². The Hall–Kier alpha value is -3.50. The Balaban J connectivity index is 1.90. The number of alkyl halides is 3. The van der Waals surface area contributed by atoms with Crippen LogP contribution in [0.15, 0.2) is 36.8 Å². The molecule has 1 atom stereocenters. The molecule has 0 aliphatic carbocycles. The van der Waals surface area contributed by atoms with Crippen molar-refractivity contribution in [1.82, 2.24) is 24.7 Å². The molecule has 0 fully saturated rings. The van der Waals surface area contributed by atoms with Crippen LogP contribution in [0.4, 0.5) is 19.0 Å². The number of anilines is 1. The summed E-state index contributed by atoms with van der Waals surface area (Å²) < 4.78 is 45.2. The number of carbonyl (C=O) groups is 1. The van der Waals surface area contributed by atoms with Crippen LogP contribution >= 0.6 is 0 Å². The molecule has 152 valence electrons. The van der Waals surface area contributed by atoms with Crippen molar-refractivity contribution < 1.29 is 22.7 Å². The first kappa shape index (κ1) is 20.2. The first-order chi connectivity index (χ1) is 13.7. The maximum absolute atomic E-state index is 13.1. The highest BCUT2D eigenvalue weighted by molar-refractivity contribution is 6.05. The van der Waals surface area contributed by atoms with Crippen LogP contribution in [-0.4, -0.2) is 43.9 Å². The molecule has 0 aliphatic heterocycles. The highest BCUT2D eigenvalue weighted by Crippen LogP contribution is 2.32. The monoisotopic (exact) mass is 406 g/mol. The molecule has 3 aromatic heterocycles. The van der Waals surface area contributed by atoms with Gasteiger partial charge in [-0.15, -0.1) is 10.2 Å². The molecule has 0 aromatic carbocycles. The number of halogens is 3. The lowest BCUT2D eigenvalue weighted by atomic mass is 10.2. The van der Waals surface area contributed by atoms with Crippen LogP contribution < -0.4 is 10.1 Å². The lowest BCUT2D eigenvalue weighted by Gasteiger charge is -2.18. The number of pyridine rings is 2. The number of aryl methyl sites for hydroxylation is 1. The van der Waals surface area contributed by atoms with E-state index in [2.05, 4.69) is 25.5 Å². The highest BCUT2D eigenvalue weighted by Gasteiger charge is 2.38. The second-order valence-corrected chi connectivity index (χ2v) is 6.21. The van der Waals surface area contributed by atoms with E-state index in [4.69, 9.17) is 4.74 Å². The van der Waals surface area contributed by atoms with Crippen LogP contribution in [0, 0.1) is 6.92 Å². The van der Waals surface area contributed by atoms with Crippen LogP contribution in [0.25, 0.3) is 11.5 Å². The fourth-order valence-corrected chi connectivity index (χ4v) is 2.56. The molecule has 1 unspecified atom stereocenters. The Morgan fingerprint density at radius 2 is 2.07 bits per heavy atom. The summed E-state index contributed by atoms with van der Waals surface area (Å²) in [5, 5.41) is 9.90. The van der Waals surface area contributed by atoms with E-state index < -0.39 is 18.1 Å². The minimum atomic E-state index is -4.47. The Labute approximate surface area is 163 Å². The molecule has 0 radical (unpaired) electrons. The van der Waals surface area contributed by atoms with Gasteiger partial charge in [-0.25, -0.2) is 9.97 Å². The first-order valence-corrected chi connectivity index (χ1v) is 8.46. The lowest BCUT2D eigenvalue weighted by molar-refractivity contribution is -0.162. The van der Waals surface area contributed by atoms with E-state index in [1.807, 2.05) is 0 Å². The van der Waals surface area contributed by atoms with E-state index in [9.17, 15) is 18.0 Å². The van der Waals surface area contributed by atoms with Gasteiger partial charge in [-0.05, 0) is 37.6 Å². The average Bonchev–Trinajstić information content (AvgIpc) is 3.16. The summed E-state index contributed by atoms with van der Waals surface area (Å²) in [6, 6.07) is 4.29. The van der Waals surface area contributed by atoms with Gasteiger partial charge in [-0.3, -0.25) is 4.79 Å². The number of methoxy groups -OCH3 is 1. The van der Waals surface area contributed by atoms with Crippen molar-refractivity contribution in [3.63, 3.8) is 0 Å². The standard InChI is InChI=1S/C18H17F3N6O2/c1-10-7-12(17(29-3)22-8-10)16(28)25-14-6-4-5-13(24-14)15-26-23-9-27(15)11(2)18(19,20)21/h4-9,11H,1-3H3,(H,24,25,28). The van der Waals surface area contributed by atoms with E-state index in [0.717, 1.165) is 23.4 Å². The number of rotatable bonds is 5. The third-order valence-electron chi connectivity index (χ3n) is 4.11. The third kappa shape index (κ3) is 4.33. The van der Waals surface area contributed by atoms with E-state index in [0.29, 0.717) is 0 Å². The average molecular weight is 406 g/mol. The van der Waals surface area contributed by atoms with Crippen molar-refractivity contribution >= 4 is 11.7 Å². The largest absolute Gasteiger partial charge is 0.480 e. The summed E-state index contributed by atoms with van der Waals surface area (Å²) in [6.45, 7) is 2.77. The molecule has 3 aromatic rings. The molecule has 11 heteroatoms. The maximum Gasteiger partial charge on any atom is 0.408 e. The van der Waals surface area contributed by atoms with Crippen LogP contribution in [0.3, 0.4) is 0 Å². The molecule has 0 aliphatic rings. The van der Waals surface area contributed by atoms with Gasteiger partial charge in [0.1, 0.15) is 29.4 Å². The Bertz CT molecular complexity index is 1030. The normalized spacial score (nSPS) is 12.5. The molecule has 0 saturated carbocycles. The summed E-state index contributed by atoms with van der Waals surface area (Å²) in [5.74, 6) is -0.318. The predicted molar refractivity (Wildman–Crippen MR) is 97.5 cm³/mol. The minimum Gasteiger partial charge on any atom is -0.480 e. The fourth-order valence-electron chi connectivity index (χ4n) is 2.56. The molecular weight excluding hydrogens is 389 g/mol. The number of amides is 1. The Morgan fingerprint density at radius 1 is 1.31 bits per heavy atom. The lowest BCUT2D eigenvalue weighted by Crippen LogP contribution is -2.24. The SMILES string of the molecule is COc1ncc(C)cc1C(=O)Nc1cccc(-c2nncn2C(C)C(F)(F)F)n1. The molecule has 0 saturated heterocycles. The van der Waals surface area contributed by atoms with Gasteiger partial charge >= 0.3 is 6.18 Å². The zero-order chi connectivity index (χ0) is 21.2. The molecular formula is C18H17F3N6O2. The number of hydrogen-bond acceptors (Lipinski definition) is 6. The maximum atomic E-state index is 13.1. The van der Waals surface area contributed by atoms with Crippen LogP contribution in [0.2, 0.25) is 0 Å². The summed E-state index contributed by atoms with van der Waals surface area (Å²) in [7, 11) is 1.39. The van der Waals surface area contributed by atoms with Crippen LogP contribution in [-0.2, 0) is 0 Å². The van der Waals surface area contributed by atoms with E-state index in [-0.39, 0.29) is 28.8 Å². The molecule has 0 bridgehead atoms. The molecule has 3 heterocycles. The zero-order valence-electron chi connectivity index (χ0n) is 15.7. The van der Waals surface area contributed by atoms with Crippen molar-refractivity contribution in [2.45, 2.75) is 26.1 Å². The number of ether oxygens (including phenoxy) is 1. The van der Waals surface area contributed by atoms with Crippen molar-refractivity contribution in [2.75, 3.05) is 12.4 Å². The zero-order valence-corrected chi connectivity index (χ0v) is 15.7. The molecule has 3 rings (SSSR count). The van der Waals surface area contributed by atoms with Gasteiger partial charge in [0.15, 0.2) is 5.82 Å². The van der Waals surface area contributed by atoms with Gasteiger partial charge in [-0.1, -0.05) is 6.07 Å². The predicted octanol–water partition coefficient (Wildman–Crippen LogP) is 3.43. The number of nitrogens with zero attached hydrogens (tertiary/aromatic N) is 5. The topological polar surface area (TPSA) is 94.8 Å². The molecule has 1 N–H and O–H groups in total. The van der Waals surface area contributed by atoms with Crippen molar-refractivity contribution in [3.05, 3.63) is 47.9 Å². The second kappa shape index (κ2) is 7.86. The smallest absolute Gasteiger partial charge is 0.408 e. The summed E-state index contributed by atoms with van der Waals surface area (Å²) >= 11 is 0. The fraction of sp³-hybridized carbons (Fsp3) is 0.278. The van der Waals surface area contributed by atoms with Gasteiger partial charge in [0.25, 0.3) is 5.91 Å². The quantitative estimate of drug-likeness (QED) is 0.698. The second-order valence-electron chi connectivity index (χ2n) is 6.21.